The summed E-state index contributed by atoms with van der Waals surface area (Å²) in [5.41, 5.74) is 1.89. The molecule has 1 aromatic rings. The molecule has 1 aromatic heterocycles. The van der Waals surface area contributed by atoms with Crippen LogP contribution in [0.3, 0.4) is 0 Å². The topological polar surface area (TPSA) is 45.6 Å². The molecule has 1 aliphatic heterocycles. The molecule has 1 saturated heterocycles. The van der Waals surface area contributed by atoms with Crippen LogP contribution in [-0.2, 0) is 13.0 Å². The molecule has 0 amide bonds. The van der Waals surface area contributed by atoms with Crippen LogP contribution in [-0.4, -0.2) is 41.2 Å². The summed E-state index contributed by atoms with van der Waals surface area (Å²) < 4.78 is 5.77. The van der Waals surface area contributed by atoms with Crippen molar-refractivity contribution in [1.82, 2.24) is 9.88 Å². The molecule has 0 saturated carbocycles. The van der Waals surface area contributed by atoms with Crippen molar-refractivity contribution in [3.05, 3.63) is 23.4 Å². The average Bonchev–Trinajstić information content (AvgIpc) is 2.48. The van der Waals surface area contributed by atoms with E-state index < -0.39 is 0 Å². The van der Waals surface area contributed by atoms with Crippen molar-refractivity contribution in [2.75, 3.05) is 26.2 Å². The molecule has 0 unspecified atom stereocenters. The number of aliphatic hydroxyl groups is 1. The minimum absolute atomic E-state index is 0.0434. The van der Waals surface area contributed by atoms with Crippen molar-refractivity contribution in [2.45, 2.75) is 45.6 Å². The number of hydrogen-bond donors (Lipinski definition) is 1. The van der Waals surface area contributed by atoms with Crippen LogP contribution in [0, 0.1) is 0 Å². The van der Waals surface area contributed by atoms with Gasteiger partial charge in [-0.3, -0.25) is 4.90 Å². The summed E-state index contributed by atoms with van der Waals surface area (Å²) in [7, 11) is 0. The van der Waals surface area contributed by atoms with Gasteiger partial charge in [-0.25, -0.2) is 4.98 Å². The third kappa shape index (κ3) is 4.76. The van der Waals surface area contributed by atoms with Gasteiger partial charge in [-0.05, 0) is 44.0 Å². The van der Waals surface area contributed by atoms with Gasteiger partial charge in [0.15, 0.2) is 0 Å². The van der Waals surface area contributed by atoms with Crippen molar-refractivity contribution >= 4 is 0 Å². The summed E-state index contributed by atoms with van der Waals surface area (Å²) in [5.74, 6) is 0.650. The number of aromatic nitrogens is 1. The van der Waals surface area contributed by atoms with E-state index in [1.165, 1.54) is 32.4 Å². The van der Waals surface area contributed by atoms with Gasteiger partial charge in [0.1, 0.15) is 6.61 Å². The molecule has 0 radical (unpaired) electrons. The van der Waals surface area contributed by atoms with Gasteiger partial charge in [0.05, 0.1) is 6.61 Å². The maximum absolute atomic E-state index is 9.29. The largest absolute Gasteiger partial charge is 0.476 e. The van der Waals surface area contributed by atoms with Gasteiger partial charge < -0.3 is 9.84 Å². The Kier molecular flexibility index (Phi) is 6.27. The number of aliphatic hydroxyl groups excluding tert-OH is 1. The van der Waals surface area contributed by atoms with Gasteiger partial charge in [-0.2, -0.15) is 0 Å². The first kappa shape index (κ1) is 15.3. The maximum Gasteiger partial charge on any atom is 0.213 e. The highest BCUT2D eigenvalue weighted by atomic mass is 16.5. The van der Waals surface area contributed by atoms with Crippen LogP contribution >= 0.6 is 0 Å². The smallest absolute Gasteiger partial charge is 0.213 e. The Labute approximate surface area is 121 Å². The molecule has 0 bridgehead atoms. The normalized spacial score (nSPS) is 16.3. The summed E-state index contributed by atoms with van der Waals surface area (Å²) in [6.45, 7) is 6.19. The van der Waals surface area contributed by atoms with Crippen LogP contribution in [0.15, 0.2) is 12.1 Å². The van der Waals surface area contributed by atoms with Gasteiger partial charge in [-0.15, -0.1) is 0 Å². The van der Waals surface area contributed by atoms with Crippen molar-refractivity contribution < 1.29 is 9.84 Å². The lowest BCUT2D eigenvalue weighted by Crippen LogP contribution is -2.33. The SMILES string of the molecule is CCCc1cc(CO)cc(OCCN2CCCCC2)n1. The molecule has 1 aliphatic rings. The molecule has 0 atom stereocenters. The van der Waals surface area contributed by atoms with Crippen LogP contribution in [0.5, 0.6) is 5.88 Å². The minimum atomic E-state index is 0.0434. The lowest BCUT2D eigenvalue weighted by atomic mass is 10.1. The van der Waals surface area contributed by atoms with Crippen molar-refractivity contribution in [2.24, 2.45) is 0 Å². The average molecular weight is 278 g/mol. The Bertz CT molecular complexity index is 403. The molecule has 2 rings (SSSR count). The predicted octanol–water partition coefficient (Wildman–Crippen LogP) is 2.39. The second-order valence-electron chi connectivity index (χ2n) is 5.46. The fourth-order valence-corrected chi connectivity index (χ4v) is 2.63. The zero-order chi connectivity index (χ0) is 14.2. The molecule has 1 fully saturated rings. The van der Waals surface area contributed by atoms with Crippen molar-refractivity contribution in [3.8, 4) is 5.88 Å². The van der Waals surface area contributed by atoms with Gasteiger partial charge in [0, 0.05) is 18.3 Å². The highest BCUT2D eigenvalue weighted by Crippen LogP contribution is 2.15. The number of rotatable bonds is 7. The van der Waals surface area contributed by atoms with E-state index >= 15 is 0 Å². The zero-order valence-electron chi connectivity index (χ0n) is 12.5. The Morgan fingerprint density at radius 3 is 2.75 bits per heavy atom. The van der Waals surface area contributed by atoms with E-state index in [0.717, 1.165) is 30.6 Å². The first-order valence-electron chi connectivity index (χ1n) is 7.77. The highest BCUT2D eigenvalue weighted by molar-refractivity contribution is 5.24. The Morgan fingerprint density at radius 1 is 1.25 bits per heavy atom. The fourth-order valence-electron chi connectivity index (χ4n) is 2.63. The maximum atomic E-state index is 9.29. The number of piperidine rings is 1. The summed E-state index contributed by atoms with van der Waals surface area (Å²) in [5, 5.41) is 9.29. The Balaban J connectivity index is 1.85. The molecule has 0 aliphatic carbocycles. The van der Waals surface area contributed by atoms with Gasteiger partial charge in [-0.1, -0.05) is 19.8 Å². The first-order chi connectivity index (χ1) is 9.81. The third-order valence-corrected chi connectivity index (χ3v) is 3.71. The number of ether oxygens (including phenoxy) is 1. The zero-order valence-corrected chi connectivity index (χ0v) is 12.5. The molecule has 4 nitrogen and oxygen atoms in total. The van der Waals surface area contributed by atoms with E-state index in [4.69, 9.17) is 4.74 Å². The number of likely N-dealkylation sites (tertiary alicyclic amines) is 1. The molecule has 4 heteroatoms. The summed E-state index contributed by atoms with van der Waals surface area (Å²) in [4.78, 5) is 6.95. The van der Waals surface area contributed by atoms with Crippen LogP contribution in [0.1, 0.15) is 43.9 Å². The van der Waals surface area contributed by atoms with E-state index in [-0.39, 0.29) is 6.61 Å². The van der Waals surface area contributed by atoms with Crippen LogP contribution in [0.4, 0.5) is 0 Å². The first-order valence-corrected chi connectivity index (χ1v) is 7.77. The molecule has 112 valence electrons. The number of aryl methyl sites for hydroxylation is 1. The highest BCUT2D eigenvalue weighted by Gasteiger charge is 2.10. The van der Waals surface area contributed by atoms with Crippen LogP contribution in [0.2, 0.25) is 0 Å². The van der Waals surface area contributed by atoms with Crippen LogP contribution < -0.4 is 4.74 Å². The lowest BCUT2D eigenvalue weighted by Gasteiger charge is -2.26. The van der Waals surface area contributed by atoms with Gasteiger partial charge >= 0.3 is 0 Å². The molecule has 0 aromatic carbocycles. The number of nitrogens with zero attached hydrogens (tertiary/aromatic N) is 2. The standard InChI is InChI=1S/C16H26N2O2/c1-2-6-15-11-14(13-19)12-16(17-15)20-10-9-18-7-4-3-5-8-18/h11-12,19H,2-10,13H2,1H3. The third-order valence-electron chi connectivity index (χ3n) is 3.71. The van der Waals surface area contributed by atoms with Gasteiger partial charge in [0.25, 0.3) is 0 Å². The molecular formula is C16H26N2O2. The van der Waals surface area contributed by atoms with E-state index in [2.05, 4.69) is 16.8 Å². The summed E-state index contributed by atoms with van der Waals surface area (Å²) in [6.07, 6.45) is 5.95. The van der Waals surface area contributed by atoms with Crippen molar-refractivity contribution in [1.29, 1.82) is 0 Å². The van der Waals surface area contributed by atoms with E-state index in [0.29, 0.717) is 12.5 Å². The lowest BCUT2D eigenvalue weighted by molar-refractivity contribution is 0.180. The van der Waals surface area contributed by atoms with Crippen molar-refractivity contribution in [3.63, 3.8) is 0 Å². The summed E-state index contributed by atoms with van der Waals surface area (Å²) in [6, 6.07) is 3.80. The van der Waals surface area contributed by atoms with Gasteiger partial charge in [0.2, 0.25) is 5.88 Å². The number of hydrogen-bond acceptors (Lipinski definition) is 4. The number of pyridine rings is 1. The van der Waals surface area contributed by atoms with E-state index in [1.54, 1.807) is 0 Å². The van der Waals surface area contributed by atoms with E-state index in [1.807, 2.05) is 12.1 Å². The molecule has 2 heterocycles. The molecule has 20 heavy (non-hydrogen) atoms. The second-order valence-corrected chi connectivity index (χ2v) is 5.46. The summed E-state index contributed by atoms with van der Waals surface area (Å²) >= 11 is 0. The predicted molar refractivity (Wildman–Crippen MR) is 79.9 cm³/mol. The minimum Gasteiger partial charge on any atom is -0.476 e. The van der Waals surface area contributed by atoms with Crippen LogP contribution in [0.25, 0.3) is 0 Å². The molecule has 0 spiro atoms. The van der Waals surface area contributed by atoms with E-state index in [9.17, 15) is 5.11 Å². The Morgan fingerprint density at radius 2 is 2.05 bits per heavy atom. The monoisotopic (exact) mass is 278 g/mol. The molecular weight excluding hydrogens is 252 g/mol. The fraction of sp³-hybridized carbons (Fsp3) is 0.688. The molecule has 1 N–H and O–H groups in total. The second kappa shape index (κ2) is 8.22. The quantitative estimate of drug-likeness (QED) is 0.832. The Hall–Kier alpha value is -1.13.